The van der Waals surface area contributed by atoms with Gasteiger partial charge in [0.25, 0.3) is 0 Å². The number of benzene rings is 2. The van der Waals surface area contributed by atoms with Crippen LogP contribution in [0.3, 0.4) is 0 Å². The Kier molecular flexibility index (Phi) is 6.60. The molecule has 2 aromatic carbocycles. The van der Waals surface area contributed by atoms with Crippen LogP contribution in [0.25, 0.3) is 0 Å². The number of halogens is 1. The predicted octanol–water partition coefficient (Wildman–Crippen LogP) is 3.19. The van der Waals surface area contributed by atoms with E-state index in [0.717, 1.165) is 5.56 Å². The van der Waals surface area contributed by atoms with Gasteiger partial charge in [-0.3, -0.25) is 14.4 Å². The second-order valence-electron chi connectivity index (χ2n) is 6.10. The molecule has 0 radical (unpaired) electrons. The monoisotopic (exact) mass is 356 g/mol. The molecule has 2 amide bonds. The van der Waals surface area contributed by atoms with Crippen molar-refractivity contribution in [2.75, 3.05) is 18.9 Å². The van der Waals surface area contributed by atoms with Gasteiger partial charge in [-0.2, -0.15) is 0 Å². The van der Waals surface area contributed by atoms with Crippen molar-refractivity contribution in [1.82, 2.24) is 4.90 Å². The predicted molar refractivity (Wildman–Crippen MR) is 97.4 cm³/mol. The molecule has 2 aromatic rings. The number of rotatable bonds is 7. The van der Waals surface area contributed by atoms with E-state index in [1.165, 1.54) is 30.1 Å². The lowest BCUT2D eigenvalue weighted by molar-refractivity contribution is -0.133. The van der Waals surface area contributed by atoms with Crippen LogP contribution in [0.1, 0.15) is 28.8 Å². The molecule has 0 heterocycles. The molecule has 136 valence electrons. The third-order valence-corrected chi connectivity index (χ3v) is 3.85. The van der Waals surface area contributed by atoms with E-state index in [0.29, 0.717) is 11.3 Å². The molecule has 5 nitrogen and oxygen atoms in total. The number of Topliss-reactive ketones (excluding diaryl/α,β-unsaturated/α-hetero) is 1. The van der Waals surface area contributed by atoms with Gasteiger partial charge in [-0.25, -0.2) is 4.39 Å². The van der Waals surface area contributed by atoms with E-state index in [9.17, 15) is 18.8 Å². The quantitative estimate of drug-likeness (QED) is 0.775. The van der Waals surface area contributed by atoms with Crippen molar-refractivity contribution in [1.29, 1.82) is 0 Å². The molecule has 6 heteroatoms. The molecule has 0 aliphatic rings. The lowest BCUT2D eigenvalue weighted by Gasteiger charge is -2.16. The van der Waals surface area contributed by atoms with Gasteiger partial charge in [0.2, 0.25) is 11.8 Å². The Morgan fingerprint density at radius 2 is 1.73 bits per heavy atom. The van der Waals surface area contributed by atoms with Crippen LogP contribution in [0.2, 0.25) is 0 Å². The standard InChI is InChI=1S/C20H21FN2O3/c1-14-6-8-15(9-7-14)18(24)10-11-20(26)23(2)13-19(25)22-17-5-3-4-16(21)12-17/h3-9,12H,10-11,13H2,1-2H3,(H,22,25). The number of amides is 2. The van der Waals surface area contributed by atoms with E-state index >= 15 is 0 Å². The minimum atomic E-state index is -0.457. The summed E-state index contributed by atoms with van der Waals surface area (Å²) in [5.74, 6) is -1.31. The van der Waals surface area contributed by atoms with Crippen molar-refractivity contribution in [2.45, 2.75) is 19.8 Å². The van der Waals surface area contributed by atoms with E-state index in [-0.39, 0.29) is 31.1 Å². The zero-order valence-electron chi connectivity index (χ0n) is 14.8. The summed E-state index contributed by atoms with van der Waals surface area (Å²) in [5, 5.41) is 2.52. The van der Waals surface area contributed by atoms with Gasteiger partial charge in [0.15, 0.2) is 5.78 Å². The molecule has 0 unspecified atom stereocenters. The SMILES string of the molecule is Cc1ccc(C(=O)CCC(=O)N(C)CC(=O)Nc2cccc(F)c2)cc1. The average Bonchev–Trinajstić information content (AvgIpc) is 2.59. The topological polar surface area (TPSA) is 66.5 Å². The minimum Gasteiger partial charge on any atom is -0.336 e. The molecule has 0 atom stereocenters. The number of ketones is 1. The number of anilines is 1. The molecule has 0 aromatic heterocycles. The zero-order chi connectivity index (χ0) is 19.1. The Morgan fingerprint density at radius 1 is 1.04 bits per heavy atom. The van der Waals surface area contributed by atoms with Crippen LogP contribution < -0.4 is 5.32 Å². The highest BCUT2D eigenvalue weighted by molar-refractivity contribution is 5.98. The lowest BCUT2D eigenvalue weighted by atomic mass is 10.0. The lowest BCUT2D eigenvalue weighted by Crippen LogP contribution is -2.35. The number of likely N-dealkylation sites (N-methyl/N-ethyl adjacent to an activating group) is 1. The zero-order valence-corrected chi connectivity index (χ0v) is 14.8. The molecule has 0 saturated carbocycles. The summed E-state index contributed by atoms with van der Waals surface area (Å²) >= 11 is 0. The van der Waals surface area contributed by atoms with Gasteiger partial charge in [0, 0.05) is 31.1 Å². The fourth-order valence-corrected chi connectivity index (χ4v) is 2.37. The van der Waals surface area contributed by atoms with E-state index in [2.05, 4.69) is 5.32 Å². The van der Waals surface area contributed by atoms with Crippen LogP contribution in [0, 0.1) is 12.7 Å². The van der Waals surface area contributed by atoms with Crippen LogP contribution >= 0.6 is 0 Å². The van der Waals surface area contributed by atoms with E-state index < -0.39 is 11.7 Å². The molecule has 0 aliphatic heterocycles. The van der Waals surface area contributed by atoms with Crippen molar-refractivity contribution in [3.05, 3.63) is 65.5 Å². The third kappa shape index (κ3) is 5.81. The van der Waals surface area contributed by atoms with Crippen molar-refractivity contribution in [2.24, 2.45) is 0 Å². The van der Waals surface area contributed by atoms with Crippen LogP contribution in [0.5, 0.6) is 0 Å². The summed E-state index contributed by atoms with van der Waals surface area (Å²) in [5.41, 5.74) is 1.95. The number of nitrogens with zero attached hydrogens (tertiary/aromatic N) is 1. The summed E-state index contributed by atoms with van der Waals surface area (Å²) in [7, 11) is 1.49. The maximum atomic E-state index is 13.1. The maximum Gasteiger partial charge on any atom is 0.243 e. The van der Waals surface area contributed by atoms with Gasteiger partial charge in [-0.15, -0.1) is 0 Å². The van der Waals surface area contributed by atoms with E-state index in [1.807, 2.05) is 19.1 Å². The van der Waals surface area contributed by atoms with Crippen LogP contribution in [0.15, 0.2) is 48.5 Å². The van der Waals surface area contributed by atoms with Crippen LogP contribution in [-0.4, -0.2) is 36.1 Å². The first-order valence-electron chi connectivity index (χ1n) is 8.24. The average molecular weight is 356 g/mol. The number of carbonyl (C=O) groups excluding carboxylic acids is 3. The molecular weight excluding hydrogens is 335 g/mol. The highest BCUT2D eigenvalue weighted by atomic mass is 19.1. The smallest absolute Gasteiger partial charge is 0.243 e. The van der Waals surface area contributed by atoms with Crippen molar-refractivity contribution < 1.29 is 18.8 Å². The molecule has 0 saturated heterocycles. The summed E-state index contributed by atoms with van der Waals surface area (Å²) in [4.78, 5) is 37.4. The molecule has 0 spiro atoms. The van der Waals surface area contributed by atoms with Crippen molar-refractivity contribution in [3.8, 4) is 0 Å². The Balaban J connectivity index is 1.80. The Labute approximate surface area is 151 Å². The Bertz CT molecular complexity index is 803. The van der Waals surface area contributed by atoms with Crippen LogP contribution in [0.4, 0.5) is 10.1 Å². The third-order valence-electron chi connectivity index (χ3n) is 3.85. The van der Waals surface area contributed by atoms with Gasteiger partial charge >= 0.3 is 0 Å². The van der Waals surface area contributed by atoms with Gasteiger partial charge in [-0.05, 0) is 25.1 Å². The van der Waals surface area contributed by atoms with E-state index in [1.54, 1.807) is 18.2 Å². The first-order valence-corrected chi connectivity index (χ1v) is 8.24. The molecule has 1 N–H and O–H groups in total. The highest BCUT2D eigenvalue weighted by Crippen LogP contribution is 2.10. The summed E-state index contributed by atoms with van der Waals surface area (Å²) in [6.45, 7) is 1.76. The molecule has 0 bridgehead atoms. The van der Waals surface area contributed by atoms with Gasteiger partial charge in [-0.1, -0.05) is 35.9 Å². The highest BCUT2D eigenvalue weighted by Gasteiger charge is 2.15. The first-order chi connectivity index (χ1) is 12.3. The van der Waals surface area contributed by atoms with Gasteiger partial charge < -0.3 is 10.2 Å². The number of nitrogens with one attached hydrogen (secondary N) is 1. The second kappa shape index (κ2) is 8.89. The minimum absolute atomic E-state index is 0.0243. The van der Waals surface area contributed by atoms with Gasteiger partial charge in [0.05, 0.1) is 6.54 Å². The molecule has 2 rings (SSSR count). The number of aryl methyl sites for hydroxylation is 1. The fraction of sp³-hybridized carbons (Fsp3) is 0.250. The maximum absolute atomic E-state index is 13.1. The van der Waals surface area contributed by atoms with Gasteiger partial charge in [0.1, 0.15) is 5.82 Å². The summed E-state index contributed by atoms with van der Waals surface area (Å²) in [6.07, 6.45) is 0.105. The van der Waals surface area contributed by atoms with E-state index in [4.69, 9.17) is 0 Å². The second-order valence-corrected chi connectivity index (χ2v) is 6.10. The van der Waals surface area contributed by atoms with Crippen LogP contribution in [-0.2, 0) is 9.59 Å². The first kappa shape index (κ1) is 19.3. The molecular formula is C20H21FN2O3. The molecule has 0 fully saturated rings. The number of hydrogen-bond donors (Lipinski definition) is 1. The number of carbonyl (C=O) groups is 3. The largest absolute Gasteiger partial charge is 0.336 e. The Morgan fingerprint density at radius 3 is 2.38 bits per heavy atom. The van der Waals surface area contributed by atoms with Crippen molar-refractivity contribution in [3.63, 3.8) is 0 Å². The normalized spacial score (nSPS) is 10.3. The fourth-order valence-electron chi connectivity index (χ4n) is 2.37. The van der Waals surface area contributed by atoms with Crippen molar-refractivity contribution >= 4 is 23.3 Å². The molecule has 26 heavy (non-hydrogen) atoms. The summed E-state index contributed by atoms with van der Waals surface area (Å²) < 4.78 is 13.1. The summed E-state index contributed by atoms with van der Waals surface area (Å²) in [6, 6.07) is 12.7. The molecule has 0 aliphatic carbocycles. The number of hydrogen-bond acceptors (Lipinski definition) is 3. The Hall–Kier alpha value is -3.02.